The molecule has 0 aromatic heterocycles. The molecular formula is C54H96O6. The lowest BCUT2D eigenvalue weighted by atomic mass is 10.0. The Hall–Kier alpha value is -2.63. The van der Waals surface area contributed by atoms with Crippen LogP contribution in [0.15, 0.2) is 48.6 Å². The highest BCUT2D eigenvalue weighted by molar-refractivity contribution is 5.71. The van der Waals surface area contributed by atoms with E-state index in [0.717, 1.165) is 89.9 Å². The van der Waals surface area contributed by atoms with Crippen LogP contribution in [0.3, 0.4) is 0 Å². The van der Waals surface area contributed by atoms with Crippen LogP contribution in [0.5, 0.6) is 0 Å². The van der Waals surface area contributed by atoms with Crippen molar-refractivity contribution in [2.45, 2.75) is 264 Å². The highest BCUT2D eigenvalue weighted by Gasteiger charge is 2.19. The van der Waals surface area contributed by atoms with E-state index in [1.54, 1.807) is 0 Å². The molecule has 0 aliphatic rings. The molecule has 6 nitrogen and oxygen atoms in total. The quantitative estimate of drug-likeness (QED) is 0.0263. The van der Waals surface area contributed by atoms with E-state index in [9.17, 15) is 14.4 Å². The van der Waals surface area contributed by atoms with Gasteiger partial charge in [-0.2, -0.15) is 0 Å². The minimum atomic E-state index is -0.783. The molecule has 348 valence electrons. The van der Waals surface area contributed by atoms with Crippen molar-refractivity contribution in [3.63, 3.8) is 0 Å². The largest absolute Gasteiger partial charge is 0.462 e. The summed E-state index contributed by atoms with van der Waals surface area (Å²) in [5.41, 5.74) is 0. The second-order valence-corrected chi connectivity index (χ2v) is 17.1. The minimum absolute atomic E-state index is 0.0813. The summed E-state index contributed by atoms with van der Waals surface area (Å²) in [5.74, 6) is -0.901. The van der Waals surface area contributed by atoms with Gasteiger partial charge in [0.1, 0.15) is 13.2 Å². The molecule has 0 aromatic carbocycles. The smallest absolute Gasteiger partial charge is 0.306 e. The van der Waals surface area contributed by atoms with E-state index >= 15 is 0 Å². The zero-order chi connectivity index (χ0) is 43.7. The van der Waals surface area contributed by atoms with Gasteiger partial charge >= 0.3 is 17.9 Å². The Morgan fingerprint density at radius 3 is 1.05 bits per heavy atom. The topological polar surface area (TPSA) is 78.9 Å². The van der Waals surface area contributed by atoms with Crippen LogP contribution in [0.2, 0.25) is 0 Å². The molecule has 0 aromatic rings. The summed E-state index contributed by atoms with van der Waals surface area (Å²) >= 11 is 0. The standard InChI is InChI=1S/C54H96O6/c1-4-7-10-13-16-19-22-25-27-30-32-35-38-41-44-47-53(56)59-50-51(49-58-52(55)46-43-40-37-34-31-28-24-21-18-15-12-9-6-3)60-54(57)48-45-42-39-36-33-29-26-23-20-17-14-11-8-5-2/h8,11,17,19-20,22,26,29,51H,4-7,9-10,12-16,18,21,23-25,27-28,30-50H2,1-3H3/b11-8-,20-17-,22-19-,29-26-. The molecule has 0 saturated carbocycles. The van der Waals surface area contributed by atoms with Crippen LogP contribution in [-0.2, 0) is 28.6 Å². The van der Waals surface area contributed by atoms with Crippen LogP contribution in [0.1, 0.15) is 258 Å². The second-order valence-electron chi connectivity index (χ2n) is 17.1. The summed E-state index contributed by atoms with van der Waals surface area (Å²) in [5, 5.41) is 0. The number of hydrogen-bond donors (Lipinski definition) is 0. The average Bonchev–Trinajstić information content (AvgIpc) is 3.24. The summed E-state index contributed by atoms with van der Waals surface area (Å²) in [7, 11) is 0. The molecule has 0 aliphatic heterocycles. The summed E-state index contributed by atoms with van der Waals surface area (Å²) in [6.45, 7) is 6.50. The third-order valence-corrected chi connectivity index (χ3v) is 11.1. The molecule has 0 heterocycles. The van der Waals surface area contributed by atoms with Crippen molar-refractivity contribution < 1.29 is 28.6 Å². The molecule has 0 aliphatic carbocycles. The van der Waals surface area contributed by atoms with Gasteiger partial charge in [0.15, 0.2) is 6.10 Å². The maximum absolute atomic E-state index is 12.8. The maximum atomic E-state index is 12.8. The summed E-state index contributed by atoms with van der Waals surface area (Å²) < 4.78 is 16.8. The highest BCUT2D eigenvalue weighted by atomic mass is 16.6. The lowest BCUT2D eigenvalue weighted by Crippen LogP contribution is -2.30. The van der Waals surface area contributed by atoms with Crippen LogP contribution < -0.4 is 0 Å². The van der Waals surface area contributed by atoms with Gasteiger partial charge < -0.3 is 14.2 Å². The molecule has 0 amide bonds. The average molecular weight is 841 g/mol. The van der Waals surface area contributed by atoms with E-state index in [1.807, 2.05) is 0 Å². The molecule has 0 saturated heterocycles. The van der Waals surface area contributed by atoms with Gasteiger partial charge in [-0.1, -0.05) is 211 Å². The van der Waals surface area contributed by atoms with Gasteiger partial charge in [-0.3, -0.25) is 14.4 Å². The molecule has 60 heavy (non-hydrogen) atoms. The normalized spacial score (nSPS) is 12.4. The van der Waals surface area contributed by atoms with Crippen molar-refractivity contribution in [1.29, 1.82) is 0 Å². The van der Waals surface area contributed by atoms with Crippen molar-refractivity contribution in [2.75, 3.05) is 13.2 Å². The summed E-state index contributed by atoms with van der Waals surface area (Å²) in [6, 6.07) is 0. The molecular weight excluding hydrogens is 745 g/mol. The Morgan fingerprint density at radius 2 is 0.650 bits per heavy atom. The van der Waals surface area contributed by atoms with Crippen molar-refractivity contribution in [3.8, 4) is 0 Å². The van der Waals surface area contributed by atoms with E-state index in [0.29, 0.717) is 19.3 Å². The zero-order valence-corrected chi connectivity index (χ0v) is 39.7. The number of hydrogen-bond acceptors (Lipinski definition) is 6. The Balaban J connectivity index is 4.40. The highest BCUT2D eigenvalue weighted by Crippen LogP contribution is 2.15. The van der Waals surface area contributed by atoms with Crippen molar-refractivity contribution in [1.82, 2.24) is 0 Å². The van der Waals surface area contributed by atoms with Crippen molar-refractivity contribution >= 4 is 17.9 Å². The van der Waals surface area contributed by atoms with Crippen molar-refractivity contribution in [2.24, 2.45) is 0 Å². The molecule has 1 atom stereocenters. The Labute approximate surface area is 371 Å². The van der Waals surface area contributed by atoms with Crippen LogP contribution in [0.4, 0.5) is 0 Å². The predicted molar refractivity (Wildman–Crippen MR) is 256 cm³/mol. The minimum Gasteiger partial charge on any atom is -0.462 e. The van der Waals surface area contributed by atoms with Crippen molar-refractivity contribution in [3.05, 3.63) is 48.6 Å². The van der Waals surface area contributed by atoms with Crippen LogP contribution >= 0.6 is 0 Å². The third kappa shape index (κ3) is 46.4. The van der Waals surface area contributed by atoms with Gasteiger partial charge in [0.25, 0.3) is 0 Å². The van der Waals surface area contributed by atoms with Gasteiger partial charge in [0, 0.05) is 19.3 Å². The first-order chi connectivity index (χ1) is 29.5. The molecule has 6 heteroatoms. The molecule has 0 radical (unpaired) electrons. The first-order valence-corrected chi connectivity index (χ1v) is 25.6. The Bertz CT molecular complexity index is 1060. The molecule has 0 fully saturated rings. The Kier molecular flexibility index (Phi) is 46.9. The van der Waals surface area contributed by atoms with Gasteiger partial charge in [0.2, 0.25) is 0 Å². The number of ether oxygens (including phenoxy) is 3. The second kappa shape index (κ2) is 49.0. The van der Waals surface area contributed by atoms with Crippen LogP contribution in [-0.4, -0.2) is 37.2 Å². The number of esters is 3. The van der Waals surface area contributed by atoms with E-state index in [1.165, 1.54) is 128 Å². The first kappa shape index (κ1) is 57.4. The zero-order valence-electron chi connectivity index (χ0n) is 39.7. The van der Waals surface area contributed by atoms with E-state index in [2.05, 4.69) is 69.4 Å². The SMILES string of the molecule is CC/C=C\C/C=C\C/C=C\CCCCCCC(=O)OC(COC(=O)CCCCCCCCC/C=C\CCCCCC)COC(=O)CCCCCCCCCCCCCCC. The first-order valence-electron chi connectivity index (χ1n) is 25.6. The van der Waals surface area contributed by atoms with E-state index in [4.69, 9.17) is 14.2 Å². The summed E-state index contributed by atoms with van der Waals surface area (Å²) in [4.78, 5) is 37.9. The number of allylic oxidation sites excluding steroid dienone is 8. The van der Waals surface area contributed by atoms with Crippen LogP contribution in [0.25, 0.3) is 0 Å². The fourth-order valence-corrected chi connectivity index (χ4v) is 7.22. The molecule has 1 unspecified atom stereocenters. The molecule has 0 bridgehead atoms. The van der Waals surface area contributed by atoms with Gasteiger partial charge in [-0.05, 0) is 77.0 Å². The number of rotatable bonds is 46. The van der Waals surface area contributed by atoms with E-state index in [-0.39, 0.29) is 31.1 Å². The monoisotopic (exact) mass is 841 g/mol. The fourth-order valence-electron chi connectivity index (χ4n) is 7.22. The summed E-state index contributed by atoms with van der Waals surface area (Å²) in [6.07, 6.45) is 58.0. The van der Waals surface area contributed by atoms with Gasteiger partial charge in [-0.15, -0.1) is 0 Å². The van der Waals surface area contributed by atoms with Gasteiger partial charge in [0.05, 0.1) is 0 Å². The predicted octanol–water partition coefficient (Wildman–Crippen LogP) is 16.7. The number of carbonyl (C=O) groups excluding carboxylic acids is 3. The van der Waals surface area contributed by atoms with E-state index < -0.39 is 6.10 Å². The molecule has 0 spiro atoms. The lowest BCUT2D eigenvalue weighted by molar-refractivity contribution is -0.167. The fraction of sp³-hybridized carbons (Fsp3) is 0.796. The third-order valence-electron chi connectivity index (χ3n) is 11.1. The molecule has 0 rings (SSSR count). The maximum Gasteiger partial charge on any atom is 0.306 e. The molecule has 0 N–H and O–H groups in total. The lowest BCUT2D eigenvalue weighted by Gasteiger charge is -2.18. The van der Waals surface area contributed by atoms with Gasteiger partial charge in [-0.25, -0.2) is 0 Å². The number of unbranched alkanes of at least 4 members (excludes halogenated alkanes) is 27. The van der Waals surface area contributed by atoms with Crippen LogP contribution in [0, 0.1) is 0 Å². The Morgan fingerprint density at radius 1 is 0.350 bits per heavy atom. The number of carbonyl (C=O) groups is 3.